The molecule has 0 saturated heterocycles. The molecule has 0 aliphatic rings. The van der Waals surface area contributed by atoms with Gasteiger partial charge in [-0.25, -0.2) is 14.4 Å². The summed E-state index contributed by atoms with van der Waals surface area (Å²) in [6.07, 6.45) is 0. The minimum Gasteiger partial charge on any atom is -0.355 e. The number of rotatable bonds is 3. The molecule has 0 amide bonds. The van der Waals surface area contributed by atoms with E-state index >= 15 is 0 Å². The Balaban J connectivity index is 2.34. The highest BCUT2D eigenvalue weighted by atomic mass is 19.1. The van der Waals surface area contributed by atoms with Crippen molar-refractivity contribution < 1.29 is 4.39 Å². The summed E-state index contributed by atoms with van der Waals surface area (Å²) in [5.41, 5.74) is 5.42. The summed E-state index contributed by atoms with van der Waals surface area (Å²) in [6.45, 7) is 8.18. The maximum atomic E-state index is 13.5. The molecule has 0 atom stereocenters. The topological polar surface area (TPSA) is 29.0 Å². The van der Waals surface area contributed by atoms with Crippen LogP contribution in [0.5, 0.6) is 0 Å². The van der Waals surface area contributed by atoms with Gasteiger partial charge in [0.1, 0.15) is 11.5 Å². The van der Waals surface area contributed by atoms with Crippen molar-refractivity contribution in [2.45, 2.75) is 33.7 Å². The first-order valence-electron chi connectivity index (χ1n) is 8.15. The van der Waals surface area contributed by atoms with E-state index in [4.69, 9.17) is 9.97 Å². The molecule has 0 unspecified atom stereocenters. The van der Waals surface area contributed by atoms with Crippen LogP contribution in [0.3, 0.4) is 0 Å². The van der Waals surface area contributed by atoms with E-state index in [9.17, 15) is 4.39 Å². The highest BCUT2D eigenvalue weighted by Gasteiger charge is 2.18. The van der Waals surface area contributed by atoms with E-state index in [1.165, 1.54) is 12.1 Å². The number of anilines is 1. The molecule has 0 spiro atoms. The van der Waals surface area contributed by atoms with E-state index in [1.54, 1.807) is 6.07 Å². The van der Waals surface area contributed by atoms with E-state index in [-0.39, 0.29) is 11.9 Å². The summed E-state index contributed by atoms with van der Waals surface area (Å²) in [6, 6.07) is 11.1. The molecule has 0 radical (unpaired) electrons. The van der Waals surface area contributed by atoms with E-state index < -0.39 is 0 Å². The van der Waals surface area contributed by atoms with Gasteiger partial charge in [0.05, 0.1) is 11.0 Å². The van der Waals surface area contributed by atoms with Crippen LogP contribution in [0.25, 0.3) is 22.3 Å². The van der Waals surface area contributed by atoms with Gasteiger partial charge in [0.15, 0.2) is 5.82 Å². The maximum Gasteiger partial charge on any atom is 0.155 e. The first-order chi connectivity index (χ1) is 11.4. The molecule has 0 aliphatic heterocycles. The van der Waals surface area contributed by atoms with Crippen molar-refractivity contribution in [2.75, 3.05) is 11.9 Å². The summed E-state index contributed by atoms with van der Waals surface area (Å²) in [5, 5.41) is 0. The van der Waals surface area contributed by atoms with Gasteiger partial charge in [0, 0.05) is 18.7 Å². The first-order valence-corrected chi connectivity index (χ1v) is 8.15. The number of halogens is 1. The molecule has 24 heavy (non-hydrogen) atoms. The van der Waals surface area contributed by atoms with Gasteiger partial charge < -0.3 is 4.90 Å². The second-order valence-electron chi connectivity index (χ2n) is 6.50. The summed E-state index contributed by atoms with van der Waals surface area (Å²) >= 11 is 0. The van der Waals surface area contributed by atoms with Crippen LogP contribution in [0.1, 0.15) is 25.0 Å². The van der Waals surface area contributed by atoms with E-state index in [2.05, 4.69) is 18.7 Å². The Labute approximate surface area is 142 Å². The Hall–Kier alpha value is -2.49. The minimum absolute atomic E-state index is 0.236. The van der Waals surface area contributed by atoms with Gasteiger partial charge in [-0.2, -0.15) is 0 Å². The second-order valence-corrected chi connectivity index (χ2v) is 6.50. The fraction of sp³-hybridized carbons (Fsp3) is 0.300. The Morgan fingerprint density at radius 3 is 2.42 bits per heavy atom. The minimum atomic E-state index is -0.236. The van der Waals surface area contributed by atoms with Crippen molar-refractivity contribution in [2.24, 2.45) is 0 Å². The molecule has 3 aromatic rings. The number of aryl methyl sites for hydroxylation is 2. The van der Waals surface area contributed by atoms with Gasteiger partial charge in [0.2, 0.25) is 0 Å². The third-order valence-electron chi connectivity index (χ3n) is 4.43. The fourth-order valence-electron chi connectivity index (χ4n) is 2.77. The first kappa shape index (κ1) is 16.4. The lowest BCUT2D eigenvalue weighted by atomic mass is 10.0. The molecule has 0 bridgehead atoms. The van der Waals surface area contributed by atoms with Crippen molar-refractivity contribution in [3.63, 3.8) is 0 Å². The van der Waals surface area contributed by atoms with Gasteiger partial charge in [0.25, 0.3) is 0 Å². The highest BCUT2D eigenvalue weighted by Crippen LogP contribution is 2.33. The number of benzene rings is 2. The Morgan fingerprint density at radius 1 is 1.00 bits per heavy atom. The predicted molar refractivity (Wildman–Crippen MR) is 97.9 cm³/mol. The largest absolute Gasteiger partial charge is 0.355 e. The average Bonchev–Trinajstić information content (AvgIpc) is 2.53. The third kappa shape index (κ3) is 2.84. The van der Waals surface area contributed by atoms with Gasteiger partial charge in [-0.05, 0) is 63.1 Å². The number of fused-ring (bicyclic) bond motifs is 1. The zero-order valence-electron chi connectivity index (χ0n) is 14.8. The van der Waals surface area contributed by atoms with Crippen LogP contribution in [0, 0.1) is 19.7 Å². The lowest BCUT2D eigenvalue weighted by molar-refractivity contribution is 0.627. The number of hydrogen-bond acceptors (Lipinski definition) is 3. The molecular formula is C20H22FN3. The van der Waals surface area contributed by atoms with Crippen LogP contribution in [0.2, 0.25) is 0 Å². The smallest absolute Gasteiger partial charge is 0.155 e. The predicted octanol–water partition coefficient (Wildman–Crippen LogP) is 4.90. The van der Waals surface area contributed by atoms with Crippen molar-refractivity contribution in [3.8, 4) is 11.3 Å². The average molecular weight is 323 g/mol. The summed E-state index contributed by atoms with van der Waals surface area (Å²) in [7, 11) is 2.02. The Kier molecular flexibility index (Phi) is 4.22. The molecule has 3 rings (SSSR count). The zero-order chi connectivity index (χ0) is 17.4. The molecule has 2 aromatic carbocycles. The number of para-hydroxylation sites is 1. The molecule has 4 heteroatoms. The van der Waals surface area contributed by atoms with Crippen molar-refractivity contribution >= 4 is 16.9 Å². The summed E-state index contributed by atoms with van der Waals surface area (Å²) in [5.74, 6) is 0.584. The molecule has 1 aromatic heterocycles. The maximum absolute atomic E-state index is 13.5. The fourth-order valence-corrected chi connectivity index (χ4v) is 2.77. The van der Waals surface area contributed by atoms with Gasteiger partial charge in [-0.1, -0.05) is 12.1 Å². The molecule has 0 N–H and O–H groups in total. The molecule has 0 fully saturated rings. The SMILES string of the molecule is Cc1cc(F)ccc1-c1nc2cccc(C)c2nc1N(C)C(C)C. The van der Waals surface area contributed by atoms with Crippen LogP contribution in [0.15, 0.2) is 36.4 Å². The van der Waals surface area contributed by atoms with Crippen molar-refractivity contribution in [3.05, 3.63) is 53.3 Å². The van der Waals surface area contributed by atoms with Crippen LogP contribution in [-0.4, -0.2) is 23.1 Å². The van der Waals surface area contributed by atoms with Crippen LogP contribution < -0.4 is 4.90 Å². The van der Waals surface area contributed by atoms with Crippen molar-refractivity contribution in [1.29, 1.82) is 0 Å². The molecule has 3 nitrogen and oxygen atoms in total. The summed E-state index contributed by atoms with van der Waals surface area (Å²) < 4.78 is 13.5. The zero-order valence-corrected chi connectivity index (χ0v) is 14.8. The van der Waals surface area contributed by atoms with Gasteiger partial charge in [-0.15, -0.1) is 0 Å². The second kappa shape index (κ2) is 6.19. The van der Waals surface area contributed by atoms with Gasteiger partial charge >= 0.3 is 0 Å². The monoisotopic (exact) mass is 323 g/mol. The van der Waals surface area contributed by atoms with Gasteiger partial charge in [-0.3, -0.25) is 0 Å². The molecular weight excluding hydrogens is 301 g/mol. The van der Waals surface area contributed by atoms with E-state index in [0.29, 0.717) is 0 Å². The molecule has 0 aliphatic carbocycles. The normalized spacial score (nSPS) is 11.3. The van der Waals surface area contributed by atoms with Crippen LogP contribution >= 0.6 is 0 Å². The lowest BCUT2D eigenvalue weighted by Crippen LogP contribution is -2.27. The standard InChI is InChI=1S/C20H22FN3/c1-12(2)24(5)20-19(16-10-9-15(21)11-14(16)4)22-17-8-6-7-13(3)18(17)23-20/h6-12H,1-5H3. The number of nitrogens with zero attached hydrogens (tertiary/aromatic N) is 3. The Morgan fingerprint density at radius 2 is 1.75 bits per heavy atom. The molecule has 0 saturated carbocycles. The van der Waals surface area contributed by atoms with Crippen molar-refractivity contribution in [1.82, 2.24) is 9.97 Å². The quantitative estimate of drug-likeness (QED) is 0.686. The number of aromatic nitrogens is 2. The molecule has 124 valence electrons. The Bertz CT molecular complexity index is 903. The molecule has 1 heterocycles. The summed E-state index contributed by atoms with van der Waals surface area (Å²) in [4.78, 5) is 11.9. The lowest BCUT2D eigenvalue weighted by Gasteiger charge is -2.25. The van der Waals surface area contributed by atoms with Crippen LogP contribution in [-0.2, 0) is 0 Å². The van der Waals surface area contributed by atoms with E-state index in [0.717, 1.165) is 39.2 Å². The van der Waals surface area contributed by atoms with E-state index in [1.807, 2.05) is 39.1 Å². The third-order valence-corrected chi connectivity index (χ3v) is 4.43. The highest BCUT2D eigenvalue weighted by molar-refractivity contribution is 5.86. The van der Waals surface area contributed by atoms with Crippen LogP contribution in [0.4, 0.5) is 10.2 Å². The number of hydrogen-bond donors (Lipinski definition) is 0.